The van der Waals surface area contributed by atoms with Crippen molar-refractivity contribution in [3.63, 3.8) is 0 Å². The van der Waals surface area contributed by atoms with Crippen LogP contribution in [0.3, 0.4) is 0 Å². The molecular weight excluding hydrogens is 269 g/mol. The van der Waals surface area contributed by atoms with E-state index >= 15 is 0 Å². The summed E-state index contributed by atoms with van der Waals surface area (Å²) in [5.41, 5.74) is 0.0979. The van der Waals surface area contributed by atoms with E-state index in [0.717, 1.165) is 12.1 Å². The number of benzene rings is 1. The van der Waals surface area contributed by atoms with Crippen LogP contribution >= 0.6 is 33.9 Å². The van der Waals surface area contributed by atoms with Crippen LogP contribution in [-0.2, 0) is 9.05 Å². The number of nitriles is 1. The van der Waals surface area contributed by atoms with Gasteiger partial charge in [0.1, 0.15) is 11.0 Å². The number of nitrogens with zero attached hydrogens (tertiary/aromatic N) is 1. The third-order valence-electron chi connectivity index (χ3n) is 1.40. The molecule has 0 amide bonds. The first-order valence-electron chi connectivity index (χ1n) is 3.20. The highest BCUT2D eigenvalue weighted by Gasteiger charge is 2.17. The maximum Gasteiger partial charge on any atom is 0.262 e. The van der Waals surface area contributed by atoms with Gasteiger partial charge < -0.3 is 0 Å². The molecular formula is C7H2Cl3NO2S. The quantitative estimate of drug-likeness (QED) is 0.737. The van der Waals surface area contributed by atoms with Gasteiger partial charge in [-0.25, -0.2) is 8.42 Å². The minimum atomic E-state index is -3.93. The predicted molar refractivity (Wildman–Crippen MR) is 54.2 cm³/mol. The normalized spacial score (nSPS) is 11.0. The number of hydrogen-bond acceptors (Lipinski definition) is 3. The average Bonchev–Trinajstić information content (AvgIpc) is 2.06. The Kier molecular flexibility index (Phi) is 3.28. The maximum atomic E-state index is 10.9. The average molecular weight is 271 g/mol. The Balaban J connectivity index is 3.54. The second-order valence-corrected chi connectivity index (χ2v) is 5.66. The molecule has 0 unspecified atom stereocenters. The summed E-state index contributed by atoms with van der Waals surface area (Å²) >= 11 is 11.2. The van der Waals surface area contributed by atoms with Crippen LogP contribution in [0.5, 0.6) is 0 Å². The molecule has 1 aromatic carbocycles. The molecule has 0 fully saturated rings. The molecule has 74 valence electrons. The van der Waals surface area contributed by atoms with Gasteiger partial charge in [-0.15, -0.1) is 0 Å². The van der Waals surface area contributed by atoms with Gasteiger partial charge in [-0.1, -0.05) is 23.2 Å². The summed E-state index contributed by atoms with van der Waals surface area (Å²) in [5.74, 6) is 0. The molecule has 0 aliphatic rings. The van der Waals surface area contributed by atoms with Crippen molar-refractivity contribution in [3.05, 3.63) is 27.7 Å². The fourth-order valence-corrected chi connectivity index (χ4v) is 2.59. The zero-order chi connectivity index (χ0) is 10.9. The first kappa shape index (κ1) is 11.6. The molecule has 0 aromatic heterocycles. The summed E-state index contributed by atoms with van der Waals surface area (Å²) in [4.78, 5) is -0.301. The standard InChI is InChI=1S/C7H2Cl3NO2S/c8-5-2-7(14(10,12)13)6(9)1-4(5)3-11/h1-2H. The Morgan fingerprint density at radius 3 is 2.21 bits per heavy atom. The smallest absolute Gasteiger partial charge is 0.207 e. The Hall–Kier alpha value is -0.470. The maximum absolute atomic E-state index is 10.9. The van der Waals surface area contributed by atoms with Gasteiger partial charge in [-0.3, -0.25) is 0 Å². The highest BCUT2D eigenvalue weighted by atomic mass is 35.7. The highest BCUT2D eigenvalue weighted by molar-refractivity contribution is 8.13. The van der Waals surface area contributed by atoms with Crippen LogP contribution in [0.15, 0.2) is 17.0 Å². The summed E-state index contributed by atoms with van der Waals surface area (Å²) in [5, 5.41) is 8.43. The molecule has 3 nitrogen and oxygen atoms in total. The lowest BCUT2D eigenvalue weighted by Gasteiger charge is -2.01. The van der Waals surface area contributed by atoms with Crippen molar-refractivity contribution < 1.29 is 8.42 Å². The Morgan fingerprint density at radius 2 is 1.79 bits per heavy atom. The number of rotatable bonds is 1. The van der Waals surface area contributed by atoms with Gasteiger partial charge in [-0.2, -0.15) is 5.26 Å². The van der Waals surface area contributed by atoms with Crippen molar-refractivity contribution in [2.45, 2.75) is 4.90 Å². The van der Waals surface area contributed by atoms with Crippen LogP contribution in [0.25, 0.3) is 0 Å². The molecule has 0 radical (unpaired) electrons. The number of hydrogen-bond donors (Lipinski definition) is 0. The van der Waals surface area contributed by atoms with E-state index in [-0.39, 0.29) is 20.5 Å². The lowest BCUT2D eigenvalue weighted by atomic mass is 10.2. The molecule has 0 aliphatic heterocycles. The van der Waals surface area contributed by atoms with E-state index < -0.39 is 9.05 Å². The van der Waals surface area contributed by atoms with Crippen LogP contribution in [-0.4, -0.2) is 8.42 Å². The van der Waals surface area contributed by atoms with E-state index in [4.69, 9.17) is 39.1 Å². The van der Waals surface area contributed by atoms with Crippen LogP contribution in [0.1, 0.15) is 5.56 Å². The summed E-state index contributed by atoms with van der Waals surface area (Å²) in [7, 11) is 1.14. The molecule has 1 rings (SSSR count). The third-order valence-corrected chi connectivity index (χ3v) is 3.50. The summed E-state index contributed by atoms with van der Waals surface area (Å²) in [6, 6.07) is 3.96. The van der Waals surface area contributed by atoms with Gasteiger partial charge in [-0.05, 0) is 12.1 Å². The van der Waals surface area contributed by atoms with E-state index in [2.05, 4.69) is 0 Å². The minimum Gasteiger partial charge on any atom is -0.207 e. The molecule has 1 aromatic rings. The van der Waals surface area contributed by atoms with Gasteiger partial charge in [0, 0.05) is 10.7 Å². The first-order chi connectivity index (χ1) is 6.36. The van der Waals surface area contributed by atoms with Gasteiger partial charge in [0.25, 0.3) is 9.05 Å². The lowest BCUT2D eigenvalue weighted by molar-refractivity contribution is 0.609. The fourth-order valence-electron chi connectivity index (χ4n) is 0.801. The summed E-state index contributed by atoms with van der Waals surface area (Å²) in [6.07, 6.45) is 0. The predicted octanol–water partition coefficient (Wildman–Crippen LogP) is 2.79. The molecule has 0 N–H and O–H groups in total. The van der Waals surface area contributed by atoms with Gasteiger partial charge in [0.05, 0.1) is 15.6 Å². The Morgan fingerprint density at radius 1 is 1.21 bits per heavy atom. The van der Waals surface area contributed by atoms with Gasteiger partial charge in [0.2, 0.25) is 0 Å². The molecule has 0 bridgehead atoms. The van der Waals surface area contributed by atoms with Gasteiger partial charge in [0.15, 0.2) is 0 Å². The first-order valence-corrected chi connectivity index (χ1v) is 6.26. The van der Waals surface area contributed by atoms with E-state index in [0.29, 0.717) is 0 Å². The van der Waals surface area contributed by atoms with Crippen LogP contribution in [0.4, 0.5) is 0 Å². The zero-order valence-electron chi connectivity index (χ0n) is 6.46. The van der Waals surface area contributed by atoms with E-state index in [1.54, 1.807) is 6.07 Å². The van der Waals surface area contributed by atoms with Crippen molar-refractivity contribution in [2.24, 2.45) is 0 Å². The third kappa shape index (κ3) is 2.31. The van der Waals surface area contributed by atoms with Crippen LogP contribution in [0.2, 0.25) is 10.0 Å². The molecule has 0 heterocycles. The van der Waals surface area contributed by atoms with Gasteiger partial charge >= 0.3 is 0 Å². The fraction of sp³-hybridized carbons (Fsp3) is 0. The van der Waals surface area contributed by atoms with Crippen LogP contribution < -0.4 is 0 Å². The molecule has 0 spiro atoms. The summed E-state index contributed by atoms with van der Waals surface area (Å²) < 4.78 is 21.9. The minimum absolute atomic E-state index is 0.00359. The largest absolute Gasteiger partial charge is 0.262 e. The Labute approximate surface area is 95.2 Å². The second kappa shape index (κ2) is 3.95. The van der Waals surface area contributed by atoms with Crippen molar-refractivity contribution in [1.82, 2.24) is 0 Å². The molecule has 0 atom stereocenters. The molecule has 0 aliphatic carbocycles. The second-order valence-electron chi connectivity index (χ2n) is 2.31. The van der Waals surface area contributed by atoms with E-state index in [1.165, 1.54) is 0 Å². The van der Waals surface area contributed by atoms with Crippen molar-refractivity contribution in [1.29, 1.82) is 5.26 Å². The van der Waals surface area contributed by atoms with E-state index in [9.17, 15) is 8.42 Å². The molecule has 0 saturated heterocycles. The SMILES string of the molecule is N#Cc1cc(Cl)c(S(=O)(=O)Cl)cc1Cl. The number of halogens is 3. The van der Waals surface area contributed by atoms with Crippen LogP contribution in [0, 0.1) is 11.3 Å². The highest BCUT2D eigenvalue weighted by Crippen LogP contribution is 2.30. The topological polar surface area (TPSA) is 57.9 Å². The Bertz CT molecular complexity index is 518. The van der Waals surface area contributed by atoms with E-state index in [1.807, 2.05) is 0 Å². The molecule has 7 heteroatoms. The zero-order valence-corrected chi connectivity index (χ0v) is 9.54. The molecule has 0 saturated carbocycles. The molecule has 14 heavy (non-hydrogen) atoms. The lowest BCUT2D eigenvalue weighted by Crippen LogP contribution is -1.93. The summed E-state index contributed by atoms with van der Waals surface area (Å²) in [6.45, 7) is 0. The van der Waals surface area contributed by atoms with Crippen molar-refractivity contribution >= 4 is 42.9 Å². The van der Waals surface area contributed by atoms with Crippen molar-refractivity contribution in [2.75, 3.05) is 0 Å². The monoisotopic (exact) mass is 269 g/mol. The van der Waals surface area contributed by atoms with Crippen molar-refractivity contribution in [3.8, 4) is 6.07 Å².